The SMILES string of the molecule is C=CSc1ccc2c(c1)N(CC)C(=CC1=CC3=CC(=Cc4sc5c([n+]4CC)CC(=CSC)C=C5)CCC3CC1)S2. The molecule has 0 saturated carbocycles. The molecule has 0 fully saturated rings. The van der Waals surface area contributed by atoms with Gasteiger partial charge < -0.3 is 4.90 Å². The van der Waals surface area contributed by atoms with Crippen LogP contribution in [-0.2, 0) is 13.0 Å². The van der Waals surface area contributed by atoms with Gasteiger partial charge in [-0.2, -0.15) is 4.57 Å². The highest BCUT2D eigenvalue weighted by molar-refractivity contribution is 8.04. The molecular weight excluding hydrogens is 565 g/mol. The summed E-state index contributed by atoms with van der Waals surface area (Å²) in [7, 11) is 0. The molecule has 2 aromatic rings. The van der Waals surface area contributed by atoms with Crippen LogP contribution in [0.2, 0.25) is 0 Å². The standard InChI is InChI=1S/C34H37N2S4/c1-5-35-29-18-25(22-37-4)10-14-31(29)39-33(35)19-23-8-11-26-12-9-24(17-27(26)16-23)20-34-36(6-2)30-21-28(38-7-3)13-15-32(30)40-34/h7,10,13-17,19-22,26H,3,5-6,8-9,11-12,18H2,1-2,4H3/q+1. The van der Waals surface area contributed by atoms with E-state index in [-0.39, 0.29) is 0 Å². The van der Waals surface area contributed by atoms with E-state index in [1.807, 2.05) is 28.5 Å². The highest BCUT2D eigenvalue weighted by Crippen LogP contribution is 2.48. The van der Waals surface area contributed by atoms with Gasteiger partial charge in [0.1, 0.15) is 11.4 Å². The van der Waals surface area contributed by atoms with Crippen LogP contribution in [0.4, 0.5) is 5.69 Å². The minimum atomic E-state index is 0.700. The summed E-state index contributed by atoms with van der Waals surface area (Å²) in [4.78, 5) is 6.50. The van der Waals surface area contributed by atoms with Crippen molar-refractivity contribution >= 4 is 64.5 Å². The van der Waals surface area contributed by atoms with Gasteiger partial charge in [-0.25, -0.2) is 0 Å². The Morgan fingerprint density at radius 1 is 1.10 bits per heavy atom. The van der Waals surface area contributed by atoms with E-state index in [0.717, 1.165) is 19.5 Å². The molecule has 3 aliphatic carbocycles. The van der Waals surface area contributed by atoms with Gasteiger partial charge in [0.2, 0.25) is 5.69 Å². The zero-order valence-corrected chi connectivity index (χ0v) is 26.9. The molecule has 0 radical (unpaired) electrons. The Hall–Kier alpha value is -2.12. The molecule has 6 rings (SSSR count). The summed E-state index contributed by atoms with van der Waals surface area (Å²) in [5.41, 5.74) is 8.68. The van der Waals surface area contributed by atoms with E-state index in [4.69, 9.17) is 0 Å². The number of hydrogen-bond donors (Lipinski definition) is 0. The molecule has 2 nitrogen and oxygen atoms in total. The van der Waals surface area contributed by atoms with Gasteiger partial charge in [-0.05, 0) is 115 Å². The molecule has 1 aromatic carbocycles. The van der Waals surface area contributed by atoms with Gasteiger partial charge in [-0.1, -0.05) is 59.7 Å². The summed E-state index contributed by atoms with van der Waals surface area (Å²) in [5, 5.41) is 6.94. The molecule has 0 saturated heterocycles. The summed E-state index contributed by atoms with van der Waals surface area (Å²) in [5.74, 6) is 0.700. The predicted octanol–water partition coefficient (Wildman–Crippen LogP) is 10.0. The van der Waals surface area contributed by atoms with Crippen molar-refractivity contribution in [2.75, 3.05) is 17.7 Å². The minimum Gasteiger partial charge on any atom is -0.335 e. The van der Waals surface area contributed by atoms with Crippen LogP contribution < -0.4 is 9.47 Å². The average Bonchev–Trinajstić information content (AvgIpc) is 3.49. The molecule has 6 heteroatoms. The summed E-state index contributed by atoms with van der Waals surface area (Å²) in [6, 6.07) is 6.79. The van der Waals surface area contributed by atoms with Gasteiger partial charge in [-0.15, -0.1) is 11.8 Å². The Kier molecular flexibility index (Phi) is 8.69. The van der Waals surface area contributed by atoms with Crippen molar-refractivity contribution in [3.05, 3.63) is 103 Å². The third-order valence-corrected chi connectivity index (χ3v) is 11.6. The number of thiazole rings is 1. The van der Waals surface area contributed by atoms with Crippen LogP contribution in [0.25, 0.3) is 12.2 Å². The fourth-order valence-electron chi connectivity index (χ4n) is 6.17. The second kappa shape index (κ2) is 12.4. The third-order valence-electron chi connectivity index (χ3n) is 8.09. The maximum Gasteiger partial charge on any atom is 0.262 e. The molecule has 0 spiro atoms. The predicted molar refractivity (Wildman–Crippen MR) is 180 cm³/mol. The lowest BCUT2D eigenvalue weighted by Crippen LogP contribution is -2.38. The average molecular weight is 602 g/mol. The first-order valence-corrected chi connectivity index (χ1v) is 18.1. The van der Waals surface area contributed by atoms with Gasteiger partial charge >= 0.3 is 0 Å². The summed E-state index contributed by atoms with van der Waals surface area (Å²) >= 11 is 7.35. The molecule has 1 unspecified atom stereocenters. The van der Waals surface area contributed by atoms with Crippen LogP contribution in [0.5, 0.6) is 0 Å². The molecule has 0 amide bonds. The topological polar surface area (TPSA) is 7.12 Å². The molecule has 2 heterocycles. The van der Waals surface area contributed by atoms with E-state index in [2.05, 4.69) is 96.2 Å². The van der Waals surface area contributed by atoms with Gasteiger partial charge in [0.05, 0.1) is 17.1 Å². The van der Waals surface area contributed by atoms with Gasteiger partial charge in [-0.3, -0.25) is 0 Å². The van der Waals surface area contributed by atoms with Crippen LogP contribution >= 0.6 is 46.6 Å². The van der Waals surface area contributed by atoms with Crippen LogP contribution in [0.3, 0.4) is 0 Å². The fourth-order valence-corrected chi connectivity index (χ4v) is 9.55. The van der Waals surface area contributed by atoms with E-state index >= 15 is 0 Å². The summed E-state index contributed by atoms with van der Waals surface area (Å²) in [6.07, 6.45) is 22.6. The molecule has 4 aliphatic rings. The van der Waals surface area contributed by atoms with E-state index < -0.39 is 0 Å². The van der Waals surface area contributed by atoms with Crippen molar-refractivity contribution in [2.24, 2.45) is 5.92 Å². The first kappa shape index (κ1) is 28.0. The van der Waals surface area contributed by atoms with Crippen molar-refractivity contribution in [3.8, 4) is 0 Å². The summed E-state index contributed by atoms with van der Waals surface area (Å²) in [6.45, 7) is 10.4. The zero-order chi connectivity index (χ0) is 27.6. The van der Waals surface area contributed by atoms with Crippen molar-refractivity contribution in [3.63, 3.8) is 0 Å². The lowest BCUT2D eigenvalue weighted by Gasteiger charge is -2.28. The van der Waals surface area contributed by atoms with E-state index in [1.165, 1.54) is 84.1 Å². The Morgan fingerprint density at radius 2 is 1.98 bits per heavy atom. The largest absolute Gasteiger partial charge is 0.335 e. The molecular formula is C34H37N2S4+. The highest BCUT2D eigenvalue weighted by atomic mass is 32.2. The third kappa shape index (κ3) is 5.65. The van der Waals surface area contributed by atoms with Gasteiger partial charge in [0, 0.05) is 22.4 Å². The fraction of sp³-hybridized carbons (Fsp3) is 0.324. The zero-order valence-electron chi connectivity index (χ0n) is 23.6. The number of nitrogens with zero attached hydrogens (tertiary/aromatic N) is 2. The van der Waals surface area contributed by atoms with Crippen molar-refractivity contribution in [2.45, 2.75) is 62.3 Å². The van der Waals surface area contributed by atoms with Crippen molar-refractivity contribution in [1.82, 2.24) is 0 Å². The molecule has 1 aliphatic heterocycles. The van der Waals surface area contributed by atoms with Crippen LogP contribution in [0.1, 0.15) is 55.1 Å². The quantitative estimate of drug-likeness (QED) is 0.230. The Morgan fingerprint density at radius 3 is 2.77 bits per heavy atom. The van der Waals surface area contributed by atoms with Crippen molar-refractivity contribution in [1.29, 1.82) is 0 Å². The number of thioether (sulfide) groups is 3. The van der Waals surface area contributed by atoms with Gasteiger partial charge in [0.25, 0.3) is 5.01 Å². The molecule has 0 bridgehead atoms. The van der Waals surface area contributed by atoms with E-state index in [9.17, 15) is 0 Å². The van der Waals surface area contributed by atoms with E-state index in [0.29, 0.717) is 5.92 Å². The number of aromatic nitrogens is 1. The molecule has 0 N–H and O–H groups in total. The smallest absolute Gasteiger partial charge is 0.262 e. The Labute approximate surface area is 256 Å². The lowest BCUT2D eigenvalue weighted by atomic mass is 9.77. The van der Waals surface area contributed by atoms with E-state index in [1.54, 1.807) is 23.5 Å². The van der Waals surface area contributed by atoms with Crippen molar-refractivity contribution < 1.29 is 4.57 Å². The van der Waals surface area contributed by atoms with Crippen LogP contribution in [0, 0.1) is 5.92 Å². The minimum absolute atomic E-state index is 0.700. The highest BCUT2D eigenvalue weighted by Gasteiger charge is 2.29. The lowest BCUT2D eigenvalue weighted by molar-refractivity contribution is -0.697. The monoisotopic (exact) mass is 601 g/mol. The number of allylic oxidation sites excluding steroid dienone is 8. The Balaban J connectivity index is 1.27. The number of benzene rings is 1. The maximum absolute atomic E-state index is 3.89. The molecule has 206 valence electrons. The number of hydrogen-bond acceptors (Lipinski definition) is 5. The number of rotatable bonds is 7. The first-order valence-electron chi connectivity index (χ1n) is 14.3. The summed E-state index contributed by atoms with van der Waals surface area (Å²) < 4.78 is 2.54. The van der Waals surface area contributed by atoms with Crippen LogP contribution in [-0.4, -0.2) is 12.8 Å². The second-order valence-corrected chi connectivity index (χ2v) is 14.4. The molecule has 1 aromatic heterocycles. The number of anilines is 1. The van der Waals surface area contributed by atoms with Gasteiger partial charge in [0.15, 0.2) is 0 Å². The van der Waals surface area contributed by atoms with Crippen LogP contribution in [0.15, 0.2) is 97.0 Å². The first-order chi connectivity index (χ1) is 19.6. The maximum atomic E-state index is 3.89. The number of fused-ring (bicyclic) bond motifs is 3. The Bertz CT molecular complexity index is 1510. The second-order valence-electron chi connectivity index (χ2n) is 10.5. The molecule has 40 heavy (non-hydrogen) atoms. The molecule has 1 atom stereocenters. The normalized spacial score (nSPS) is 22.8.